The van der Waals surface area contributed by atoms with Crippen LogP contribution in [0, 0.1) is 32.4 Å². The van der Waals surface area contributed by atoms with Crippen molar-refractivity contribution in [1.82, 2.24) is 0 Å². The summed E-state index contributed by atoms with van der Waals surface area (Å²) < 4.78 is 69.6. The molecule has 146 valence electrons. The maximum atomic E-state index is 15.1. The van der Waals surface area contributed by atoms with E-state index in [4.69, 9.17) is 10.8 Å². The third kappa shape index (κ3) is 3.95. The minimum atomic E-state index is -5.10. The lowest BCUT2D eigenvalue weighted by atomic mass is 9.88. The quantitative estimate of drug-likeness (QED) is 0.722. The van der Waals surface area contributed by atoms with E-state index in [1.54, 1.807) is 32.9 Å². The molecule has 0 aliphatic heterocycles. The fraction of sp³-hybridized carbons (Fsp3) is 0.316. The summed E-state index contributed by atoms with van der Waals surface area (Å²) in [7, 11) is 0. The number of rotatable bonds is 4. The summed E-state index contributed by atoms with van der Waals surface area (Å²) in [6.07, 6.45) is -6.02. The van der Waals surface area contributed by atoms with Gasteiger partial charge in [0.05, 0.1) is 12.0 Å². The SMILES string of the molecule is Cc1ccc(C)c(-c2cc(C(F)(F)F)c(F)c(C(N)CC(=O)O)c2F)c1C. The fourth-order valence-corrected chi connectivity index (χ4v) is 3.03. The van der Waals surface area contributed by atoms with Crippen LogP contribution >= 0.6 is 0 Å². The number of halogens is 5. The first-order chi connectivity index (χ1) is 12.4. The highest BCUT2D eigenvalue weighted by Gasteiger charge is 2.39. The van der Waals surface area contributed by atoms with Gasteiger partial charge in [0.15, 0.2) is 0 Å². The minimum absolute atomic E-state index is 0.196. The molecule has 2 aromatic rings. The Kier molecular flexibility index (Phi) is 5.60. The number of aryl methyl sites for hydroxylation is 2. The van der Waals surface area contributed by atoms with E-state index in [9.17, 15) is 22.4 Å². The molecule has 0 fully saturated rings. The summed E-state index contributed by atoms with van der Waals surface area (Å²) in [5, 5.41) is 8.82. The van der Waals surface area contributed by atoms with Crippen molar-refractivity contribution in [3.05, 3.63) is 57.7 Å². The first-order valence-corrected chi connectivity index (χ1v) is 7.99. The lowest BCUT2D eigenvalue weighted by Gasteiger charge is -2.21. The molecule has 2 aromatic carbocycles. The van der Waals surface area contributed by atoms with Crippen molar-refractivity contribution in [2.45, 2.75) is 39.4 Å². The molecule has 3 nitrogen and oxygen atoms in total. The van der Waals surface area contributed by atoms with Crippen molar-refractivity contribution in [1.29, 1.82) is 0 Å². The zero-order valence-corrected chi connectivity index (χ0v) is 14.8. The van der Waals surface area contributed by atoms with Crippen LogP contribution in [0.25, 0.3) is 11.1 Å². The van der Waals surface area contributed by atoms with Gasteiger partial charge in [0.1, 0.15) is 11.6 Å². The van der Waals surface area contributed by atoms with E-state index in [1.165, 1.54) is 0 Å². The predicted molar refractivity (Wildman–Crippen MR) is 90.2 cm³/mol. The Bertz CT molecular complexity index is 906. The predicted octanol–water partition coefficient (Wildman–Crippen LogP) is 5.05. The number of nitrogens with two attached hydrogens (primary N) is 1. The number of carboxylic acid groups (broad SMARTS) is 1. The Balaban J connectivity index is 2.92. The van der Waals surface area contributed by atoms with Crippen LogP contribution in [0.5, 0.6) is 0 Å². The van der Waals surface area contributed by atoms with E-state index >= 15 is 4.39 Å². The molecule has 0 aliphatic rings. The molecule has 1 atom stereocenters. The van der Waals surface area contributed by atoms with Gasteiger partial charge in [0.25, 0.3) is 0 Å². The lowest BCUT2D eigenvalue weighted by Crippen LogP contribution is -2.21. The van der Waals surface area contributed by atoms with Crippen molar-refractivity contribution in [2.24, 2.45) is 5.73 Å². The summed E-state index contributed by atoms with van der Waals surface area (Å²) >= 11 is 0. The summed E-state index contributed by atoms with van der Waals surface area (Å²) in [6.45, 7) is 4.92. The van der Waals surface area contributed by atoms with Crippen molar-refractivity contribution in [3.63, 3.8) is 0 Å². The Morgan fingerprint density at radius 2 is 1.67 bits per heavy atom. The summed E-state index contributed by atoms with van der Waals surface area (Å²) in [6, 6.07) is 1.99. The van der Waals surface area contributed by atoms with E-state index in [2.05, 4.69) is 0 Å². The van der Waals surface area contributed by atoms with Crippen LogP contribution < -0.4 is 5.73 Å². The van der Waals surface area contributed by atoms with Crippen LogP contribution in [0.4, 0.5) is 22.0 Å². The molecule has 0 aliphatic carbocycles. The summed E-state index contributed by atoms with van der Waals surface area (Å²) in [5.74, 6) is -4.66. The number of hydrogen-bond acceptors (Lipinski definition) is 2. The highest BCUT2D eigenvalue weighted by molar-refractivity contribution is 5.75. The van der Waals surface area contributed by atoms with Gasteiger partial charge in [-0.1, -0.05) is 12.1 Å². The highest BCUT2D eigenvalue weighted by Crippen LogP contribution is 2.41. The van der Waals surface area contributed by atoms with Gasteiger partial charge < -0.3 is 10.8 Å². The van der Waals surface area contributed by atoms with Gasteiger partial charge in [-0.05, 0) is 49.1 Å². The number of aliphatic carboxylic acids is 1. The molecule has 27 heavy (non-hydrogen) atoms. The Morgan fingerprint density at radius 1 is 1.11 bits per heavy atom. The Morgan fingerprint density at radius 3 is 2.19 bits per heavy atom. The number of benzene rings is 2. The monoisotopic (exact) mass is 387 g/mol. The topological polar surface area (TPSA) is 63.3 Å². The van der Waals surface area contributed by atoms with E-state index in [1.807, 2.05) is 0 Å². The zero-order valence-electron chi connectivity index (χ0n) is 14.8. The van der Waals surface area contributed by atoms with Gasteiger partial charge in [-0.2, -0.15) is 13.2 Å². The number of alkyl halides is 3. The number of carboxylic acids is 1. The molecular weight excluding hydrogens is 369 g/mol. The molecule has 0 saturated carbocycles. The minimum Gasteiger partial charge on any atom is -0.481 e. The molecule has 0 saturated heterocycles. The van der Waals surface area contributed by atoms with Gasteiger partial charge in [-0.15, -0.1) is 0 Å². The van der Waals surface area contributed by atoms with Crippen LogP contribution in [-0.2, 0) is 11.0 Å². The largest absolute Gasteiger partial charge is 0.481 e. The summed E-state index contributed by atoms with van der Waals surface area (Å²) in [4.78, 5) is 10.8. The van der Waals surface area contributed by atoms with Crippen molar-refractivity contribution in [3.8, 4) is 11.1 Å². The lowest BCUT2D eigenvalue weighted by molar-refractivity contribution is -0.140. The fourth-order valence-electron chi connectivity index (χ4n) is 3.03. The third-order valence-corrected chi connectivity index (χ3v) is 4.52. The second-order valence-electron chi connectivity index (χ2n) is 6.41. The smallest absolute Gasteiger partial charge is 0.419 e. The van der Waals surface area contributed by atoms with Crippen LogP contribution in [0.2, 0.25) is 0 Å². The van der Waals surface area contributed by atoms with E-state index < -0.39 is 52.9 Å². The molecule has 0 amide bonds. The van der Waals surface area contributed by atoms with Crippen LogP contribution in [-0.4, -0.2) is 11.1 Å². The van der Waals surface area contributed by atoms with Crippen LogP contribution in [0.3, 0.4) is 0 Å². The molecule has 0 aromatic heterocycles. The average Bonchev–Trinajstić information content (AvgIpc) is 2.51. The molecule has 1 unspecified atom stereocenters. The van der Waals surface area contributed by atoms with Crippen molar-refractivity contribution in [2.75, 3.05) is 0 Å². The average molecular weight is 387 g/mol. The molecular formula is C19H18F5NO2. The number of carbonyl (C=O) groups is 1. The van der Waals surface area contributed by atoms with Gasteiger partial charge in [0, 0.05) is 17.2 Å². The molecule has 8 heteroatoms. The highest BCUT2D eigenvalue weighted by atomic mass is 19.4. The Labute approximate surface area is 152 Å². The normalized spacial score (nSPS) is 12.9. The zero-order chi connectivity index (χ0) is 20.7. The van der Waals surface area contributed by atoms with Gasteiger partial charge in [0.2, 0.25) is 0 Å². The summed E-state index contributed by atoms with van der Waals surface area (Å²) in [5.41, 5.74) is 4.25. The molecule has 3 N–H and O–H groups in total. The standard InChI is InChI=1S/C19H18F5NO2/c1-8-4-5-9(2)15(10(8)3)11-6-12(19(22,23)24)18(21)16(17(11)20)13(25)7-14(26)27/h4-6,13H,7,25H2,1-3H3,(H,26,27). The van der Waals surface area contributed by atoms with Crippen LogP contribution in [0.1, 0.15) is 40.3 Å². The van der Waals surface area contributed by atoms with Crippen LogP contribution in [0.15, 0.2) is 18.2 Å². The first kappa shape index (κ1) is 20.8. The van der Waals surface area contributed by atoms with Crippen molar-refractivity contribution < 1.29 is 31.9 Å². The first-order valence-electron chi connectivity index (χ1n) is 7.99. The number of hydrogen-bond donors (Lipinski definition) is 2. The third-order valence-electron chi connectivity index (χ3n) is 4.52. The van der Waals surface area contributed by atoms with E-state index in [-0.39, 0.29) is 5.56 Å². The van der Waals surface area contributed by atoms with E-state index in [0.29, 0.717) is 22.8 Å². The maximum absolute atomic E-state index is 15.1. The second-order valence-corrected chi connectivity index (χ2v) is 6.41. The van der Waals surface area contributed by atoms with Gasteiger partial charge >= 0.3 is 12.1 Å². The van der Waals surface area contributed by atoms with Gasteiger partial charge in [-0.25, -0.2) is 8.78 Å². The second kappa shape index (κ2) is 7.26. The molecule has 0 spiro atoms. The van der Waals surface area contributed by atoms with Gasteiger partial charge in [-0.3, -0.25) is 4.79 Å². The maximum Gasteiger partial charge on any atom is 0.419 e. The molecule has 2 rings (SSSR count). The molecule has 0 heterocycles. The van der Waals surface area contributed by atoms with E-state index in [0.717, 1.165) is 0 Å². The Hall–Kier alpha value is -2.48. The molecule has 0 bridgehead atoms. The molecule has 0 radical (unpaired) electrons. The van der Waals surface area contributed by atoms with Crippen molar-refractivity contribution >= 4 is 5.97 Å².